The van der Waals surface area contributed by atoms with Gasteiger partial charge in [0, 0.05) is 0 Å². The molecule has 4 nitrogen and oxygen atoms in total. The molecular formula is C28H41NO3SeSi. The minimum absolute atomic E-state index is 0.0349. The number of ether oxygens (including phenoxy) is 1. The Bertz CT molecular complexity index is 922. The number of nitrogens with one attached hydrogen (secondary N) is 1. The molecule has 1 aliphatic heterocycles. The van der Waals surface area contributed by atoms with Crippen LogP contribution in [0.25, 0.3) is 0 Å². The van der Waals surface area contributed by atoms with Crippen molar-refractivity contribution in [1.29, 1.82) is 0 Å². The van der Waals surface area contributed by atoms with Crippen molar-refractivity contribution in [3.8, 4) is 0 Å². The summed E-state index contributed by atoms with van der Waals surface area (Å²) in [5.74, 6) is 3.03. The van der Waals surface area contributed by atoms with Gasteiger partial charge in [0.1, 0.15) is 0 Å². The summed E-state index contributed by atoms with van der Waals surface area (Å²) in [7, 11) is -2.08. The number of allylic oxidation sites excluding steroid dienone is 1. The zero-order chi connectivity index (χ0) is 24.8. The van der Waals surface area contributed by atoms with Crippen LogP contribution in [0.4, 0.5) is 0 Å². The zero-order valence-electron chi connectivity index (χ0n) is 21.7. The van der Waals surface area contributed by atoms with Crippen LogP contribution in [0.2, 0.25) is 16.6 Å². The third kappa shape index (κ3) is 4.36. The Kier molecular flexibility index (Phi) is 7.55. The predicted molar refractivity (Wildman–Crippen MR) is 142 cm³/mol. The number of benzene rings is 1. The van der Waals surface area contributed by atoms with Crippen LogP contribution in [0, 0.1) is 23.7 Å². The second-order valence-corrected chi connectivity index (χ2v) is 19.1. The molecule has 2 aliphatic carbocycles. The first-order chi connectivity index (χ1) is 16.1. The number of hydrogen-bond acceptors (Lipinski definition) is 3. The van der Waals surface area contributed by atoms with Crippen LogP contribution >= 0.6 is 0 Å². The Labute approximate surface area is 213 Å². The van der Waals surface area contributed by atoms with Crippen molar-refractivity contribution < 1.29 is 14.0 Å². The van der Waals surface area contributed by atoms with E-state index in [0.29, 0.717) is 44.8 Å². The van der Waals surface area contributed by atoms with Gasteiger partial charge in [-0.15, -0.1) is 0 Å². The number of amides is 1. The molecule has 1 aromatic rings. The van der Waals surface area contributed by atoms with Crippen LogP contribution in [0.1, 0.15) is 48.5 Å². The second kappa shape index (κ2) is 9.97. The summed E-state index contributed by atoms with van der Waals surface area (Å²) < 4.78 is 15.3. The molecule has 0 bridgehead atoms. The first kappa shape index (κ1) is 25.8. The van der Waals surface area contributed by atoms with Crippen molar-refractivity contribution in [2.45, 2.75) is 77.2 Å². The molecule has 6 heteroatoms. The van der Waals surface area contributed by atoms with Crippen molar-refractivity contribution >= 4 is 33.6 Å². The second-order valence-electron chi connectivity index (χ2n) is 11.3. The van der Waals surface area contributed by atoms with Crippen LogP contribution < -0.4 is 9.78 Å². The Hall–Kier alpha value is -1.33. The molecule has 0 aromatic heterocycles. The van der Waals surface area contributed by atoms with Gasteiger partial charge in [-0.25, -0.2) is 0 Å². The van der Waals surface area contributed by atoms with Crippen LogP contribution in [0.15, 0.2) is 53.2 Å². The van der Waals surface area contributed by atoms with E-state index >= 15 is 0 Å². The van der Waals surface area contributed by atoms with Gasteiger partial charge in [-0.05, 0) is 0 Å². The molecule has 1 saturated heterocycles. The van der Waals surface area contributed by atoms with E-state index in [4.69, 9.17) is 9.16 Å². The summed E-state index contributed by atoms with van der Waals surface area (Å²) in [6, 6.07) is 9.97. The van der Waals surface area contributed by atoms with E-state index in [1.54, 1.807) is 0 Å². The third-order valence-electron chi connectivity index (χ3n) is 8.57. The van der Waals surface area contributed by atoms with Gasteiger partial charge in [0.2, 0.25) is 0 Å². The van der Waals surface area contributed by atoms with Gasteiger partial charge in [-0.3, -0.25) is 0 Å². The molecule has 186 valence electrons. The summed E-state index contributed by atoms with van der Waals surface area (Å²) in [6.07, 6.45) is 2.24. The maximum absolute atomic E-state index is 13.2. The Morgan fingerprint density at radius 3 is 2.32 bits per heavy atom. The van der Waals surface area contributed by atoms with Crippen molar-refractivity contribution in [1.82, 2.24) is 5.32 Å². The molecule has 34 heavy (non-hydrogen) atoms. The molecule has 1 saturated carbocycles. The molecule has 0 unspecified atom stereocenters. The van der Waals surface area contributed by atoms with Gasteiger partial charge in [0.15, 0.2) is 0 Å². The average Bonchev–Trinajstić information content (AvgIpc) is 3.19. The molecule has 1 amide bonds. The fraction of sp³-hybridized carbons (Fsp3) is 0.607. The van der Waals surface area contributed by atoms with E-state index < -0.39 is 8.32 Å². The van der Waals surface area contributed by atoms with Gasteiger partial charge < -0.3 is 0 Å². The minimum atomic E-state index is -2.08. The summed E-state index contributed by atoms with van der Waals surface area (Å²) >= 11 is -0.0926. The van der Waals surface area contributed by atoms with Crippen LogP contribution in [0.5, 0.6) is 0 Å². The molecular weight excluding hydrogens is 505 g/mol. The number of rotatable bonds is 9. The third-order valence-corrected chi connectivity index (χ3v) is 16.5. The van der Waals surface area contributed by atoms with Gasteiger partial charge in [-0.2, -0.15) is 0 Å². The normalized spacial score (nSPS) is 30.1. The number of carbonyl (C=O) groups excluding carboxylic acids is 1. The first-order valence-corrected chi connectivity index (χ1v) is 16.7. The topological polar surface area (TPSA) is 47.6 Å². The molecule has 1 aromatic carbocycles. The molecule has 0 spiro atoms. The fourth-order valence-electron chi connectivity index (χ4n) is 7.00. The van der Waals surface area contributed by atoms with E-state index in [2.05, 4.69) is 78.6 Å². The quantitative estimate of drug-likeness (QED) is 0.350. The SMILES string of the molecule is C=C([Se]c1ccccc1)C(=O)N[C@@H]1C=C(O[Si](C(C)C)(C(C)C)C(C)C)[C@H]2[C@H](C)[C@H]3CO[C@@H]1[C@H]32. The molecule has 1 N–H and O–H groups in total. The van der Waals surface area contributed by atoms with Gasteiger partial charge in [0.05, 0.1) is 0 Å². The Balaban J connectivity index is 1.59. The van der Waals surface area contributed by atoms with Gasteiger partial charge >= 0.3 is 214 Å². The molecule has 2 fully saturated rings. The molecule has 4 rings (SSSR count). The van der Waals surface area contributed by atoms with Crippen molar-refractivity contribution in [2.75, 3.05) is 6.61 Å². The first-order valence-electron chi connectivity index (χ1n) is 12.8. The zero-order valence-corrected chi connectivity index (χ0v) is 24.4. The van der Waals surface area contributed by atoms with Gasteiger partial charge in [0.25, 0.3) is 0 Å². The van der Waals surface area contributed by atoms with E-state index in [-0.39, 0.29) is 33.0 Å². The Morgan fingerprint density at radius 2 is 1.74 bits per heavy atom. The van der Waals surface area contributed by atoms with Crippen LogP contribution in [0.3, 0.4) is 0 Å². The monoisotopic (exact) mass is 547 g/mol. The molecule has 3 aliphatic rings. The average molecular weight is 547 g/mol. The fourth-order valence-corrected chi connectivity index (χ4v) is 13.8. The van der Waals surface area contributed by atoms with E-state index in [9.17, 15) is 4.79 Å². The van der Waals surface area contributed by atoms with Gasteiger partial charge in [-0.1, -0.05) is 0 Å². The summed E-state index contributed by atoms with van der Waals surface area (Å²) in [5.41, 5.74) is 1.54. The van der Waals surface area contributed by atoms with Crippen LogP contribution in [-0.4, -0.2) is 47.9 Å². The summed E-state index contributed by atoms with van der Waals surface area (Å²) in [6.45, 7) is 21.2. The summed E-state index contributed by atoms with van der Waals surface area (Å²) in [4.78, 5) is 13.2. The van der Waals surface area contributed by atoms with E-state index in [1.165, 1.54) is 0 Å². The standard InChI is InChI=1S/C28H41NO3SeSi/c1-16(2)34(17(3)4,18(5)6)32-24-14-23(27-26-22(15-31-27)19(7)25(24)26)29-28(30)20(8)33-21-12-10-9-11-13-21/h9-14,16-19,22-23,25-27H,8,15H2,1-7H3,(H,29,30)/t19-,22-,23-,25-,26-,27+/m1/s1. The summed E-state index contributed by atoms with van der Waals surface area (Å²) in [5, 5.41) is 3.28. The Morgan fingerprint density at radius 1 is 1.12 bits per heavy atom. The molecule has 6 atom stereocenters. The molecule has 0 radical (unpaired) electrons. The van der Waals surface area contributed by atoms with Crippen molar-refractivity contribution in [2.24, 2.45) is 23.7 Å². The van der Waals surface area contributed by atoms with E-state index in [0.717, 1.165) is 16.8 Å². The number of hydrogen-bond donors (Lipinski definition) is 1. The van der Waals surface area contributed by atoms with Crippen molar-refractivity contribution in [3.05, 3.63) is 53.2 Å². The maximum atomic E-state index is 13.2. The van der Waals surface area contributed by atoms with Crippen LogP contribution in [-0.2, 0) is 14.0 Å². The van der Waals surface area contributed by atoms with Crippen molar-refractivity contribution in [3.63, 3.8) is 0 Å². The van der Waals surface area contributed by atoms with E-state index in [1.807, 2.05) is 18.2 Å². The predicted octanol–water partition coefficient (Wildman–Crippen LogP) is 5.00. The molecule has 1 heterocycles. The number of carbonyl (C=O) groups is 1.